The number of methoxy groups -OCH3 is 2. The van der Waals surface area contributed by atoms with Gasteiger partial charge < -0.3 is 24.0 Å². The van der Waals surface area contributed by atoms with Crippen LogP contribution < -0.4 is 14.4 Å². The highest BCUT2D eigenvalue weighted by Crippen LogP contribution is 2.51. The molecule has 164 valence electrons. The summed E-state index contributed by atoms with van der Waals surface area (Å²) in [4.78, 5) is 14.4. The van der Waals surface area contributed by atoms with Crippen LogP contribution in [0.5, 0.6) is 11.5 Å². The lowest BCUT2D eigenvalue weighted by atomic mass is 9.94. The van der Waals surface area contributed by atoms with Crippen molar-refractivity contribution in [2.45, 2.75) is 24.3 Å². The molecular weight excluding hydrogens is 412 g/mol. The van der Waals surface area contributed by atoms with Crippen molar-refractivity contribution in [1.29, 1.82) is 0 Å². The zero-order valence-corrected chi connectivity index (χ0v) is 19.0. The number of aromatic nitrogens is 1. The van der Waals surface area contributed by atoms with E-state index < -0.39 is 0 Å². The second kappa shape index (κ2) is 8.59. The molecule has 8 heteroatoms. The van der Waals surface area contributed by atoms with Crippen LogP contribution in [0.15, 0.2) is 41.5 Å². The number of nitrogens with zero attached hydrogens (tertiary/aromatic N) is 4. The number of anilines is 1. The van der Waals surface area contributed by atoms with Gasteiger partial charge in [0.25, 0.3) is 0 Å². The van der Waals surface area contributed by atoms with E-state index in [2.05, 4.69) is 39.9 Å². The maximum Gasteiger partial charge on any atom is 0.160 e. The third kappa shape index (κ3) is 3.72. The number of hydrogen-bond acceptors (Lipinski definition) is 8. The van der Waals surface area contributed by atoms with Crippen molar-refractivity contribution in [2.75, 3.05) is 52.0 Å². The molecule has 0 spiro atoms. The minimum absolute atomic E-state index is 0.0185. The first-order valence-electron chi connectivity index (χ1n) is 10.7. The zero-order valence-electron chi connectivity index (χ0n) is 18.2. The summed E-state index contributed by atoms with van der Waals surface area (Å²) in [6.07, 6.45) is 1.84. The highest BCUT2D eigenvalue weighted by Gasteiger charge is 2.45. The third-order valence-corrected chi connectivity index (χ3v) is 7.19. The van der Waals surface area contributed by atoms with Gasteiger partial charge in [0.15, 0.2) is 5.17 Å². The van der Waals surface area contributed by atoms with E-state index >= 15 is 0 Å². The number of hydrogen-bond donors (Lipinski definition) is 0. The molecule has 0 amide bonds. The largest absolute Gasteiger partial charge is 0.496 e. The summed E-state index contributed by atoms with van der Waals surface area (Å²) < 4.78 is 17.3. The predicted octanol–water partition coefficient (Wildman–Crippen LogP) is 3.52. The molecule has 0 unspecified atom stereocenters. The van der Waals surface area contributed by atoms with E-state index in [0.717, 1.165) is 66.5 Å². The van der Waals surface area contributed by atoms with Crippen molar-refractivity contribution in [2.24, 2.45) is 4.99 Å². The van der Waals surface area contributed by atoms with Gasteiger partial charge in [0.2, 0.25) is 0 Å². The fourth-order valence-electron chi connectivity index (χ4n) is 4.64. The number of rotatable bonds is 5. The molecular formula is C23H28N4O3S. The smallest absolute Gasteiger partial charge is 0.160 e. The standard InChI is InChI=1S/C23H28N4O3S/c1-15-14-27-22(21(25-23(27)31-15)17-6-4-5-7-24-17)16-12-20(29-3)18(13-19(16)28-2)26-8-10-30-11-9-26/h4-7,12-13,15,21-22H,8-11,14H2,1-3H3/t15-,21-,22-/m0/s1. The number of benzene rings is 1. The summed E-state index contributed by atoms with van der Waals surface area (Å²) in [6.45, 7) is 6.32. The van der Waals surface area contributed by atoms with Crippen LogP contribution in [0.2, 0.25) is 0 Å². The van der Waals surface area contributed by atoms with Crippen LogP contribution >= 0.6 is 11.8 Å². The van der Waals surface area contributed by atoms with Gasteiger partial charge in [-0.2, -0.15) is 0 Å². The number of amidine groups is 1. The topological polar surface area (TPSA) is 59.4 Å². The van der Waals surface area contributed by atoms with Crippen LogP contribution in [0, 0.1) is 0 Å². The second-order valence-corrected chi connectivity index (χ2v) is 9.41. The van der Waals surface area contributed by atoms with E-state index in [1.807, 2.05) is 30.1 Å². The van der Waals surface area contributed by atoms with Gasteiger partial charge in [0, 0.05) is 42.7 Å². The van der Waals surface area contributed by atoms with Gasteiger partial charge in [-0.15, -0.1) is 0 Å². The van der Waals surface area contributed by atoms with E-state index in [0.29, 0.717) is 5.25 Å². The van der Waals surface area contributed by atoms with Crippen molar-refractivity contribution >= 4 is 22.6 Å². The van der Waals surface area contributed by atoms with Crippen molar-refractivity contribution < 1.29 is 14.2 Å². The molecule has 4 heterocycles. The highest BCUT2D eigenvalue weighted by atomic mass is 32.2. The molecule has 2 aromatic rings. The van der Waals surface area contributed by atoms with Gasteiger partial charge in [-0.25, -0.2) is 0 Å². The number of fused-ring (bicyclic) bond motifs is 1. The maximum absolute atomic E-state index is 5.93. The van der Waals surface area contributed by atoms with Crippen molar-refractivity contribution in [1.82, 2.24) is 9.88 Å². The van der Waals surface area contributed by atoms with Crippen LogP contribution in [-0.2, 0) is 4.74 Å². The van der Waals surface area contributed by atoms with E-state index in [4.69, 9.17) is 19.2 Å². The molecule has 1 aromatic carbocycles. The van der Waals surface area contributed by atoms with Crippen molar-refractivity contribution in [3.8, 4) is 11.5 Å². The summed E-state index contributed by atoms with van der Waals surface area (Å²) in [7, 11) is 3.47. The molecule has 2 fully saturated rings. The molecule has 1 aromatic heterocycles. The fraction of sp³-hybridized carbons (Fsp3) is 0.478. The molecule has 0 radical (unpaired) electrons. The molecule has 3 aliphatic heterocycles. The molecule has 0 bridgehead atoms. The number of aliphatic imine (C=N–C) groups is 1. The monoisotopic (exact) mass is 440 g/mol. The zero-order chi connectivity index (χ0) is 21.4. The van der Waals surface area contributed by atoms with Crippen LogP contribution in [0.25, 0.3) is 0 Å². The molecule has 2 saturated heterocycles. The first kappa shape index (κ1) is 20.5. The van der Waals surface area contributed by atoms with Gasteiger partial charge in [-0.3, -0.25) is 9.98 Å². The summed E-state index contributed by atoms with van der Waals surface area (Å²) in [6, 6.07) is 10.2. The first-order valence-corrected chi connectivity index (χ1v) is 11.6. The Morgan fingerprint density at radius 2 is 1.90 bits per heavy atom. The fourth-order valence-corrected chi connectivity index (χ4v) is 5.73. The molecule has 0 aliphatic carbocycles. The van der Waals surface area contributed by atoms with E-state index in [1.165, 1.54) is 0 Å². The molecule has 5 rings (SSSR count). The number of pyridine rings is 1. The molecule has 0 saturated carbocycles. The molecule has 3 aliphatic rings. The van der Waals surface area contributed by atoms with Crippen LogP contribution in [-0.4, -0.2) is 67.4 Å². The third-order valence-electron chi connectivity index (χ3n) is 6.08. The Bertz CT molecular complexity index is 965. The number of thioether (sulfide) groups is 1. The van der Waals surface area contributed by atoms with Crippen LogP contribution in [0.3, 0.4) is 0 Å². The Labute approximate surface area is 187 Å². The molecule has 7 nitrogen and oxygen atoms in total. The minimum atomic E-state index is -0.0796. The Morgan fingerprint density at radius 3 is 2.61 bits per heavy atom. The van der Waals surface area contributed by atoms with Gasteiger partial charge in [0.1, 0.15) is 17.5 Å². The number of ether oxygens (including phenoxy) is 3. The SMILES string of the molecule is COc1cc(N2CCOCC2)c(OC)cc1[C@H]1[C@H](c2ccccn2)N=C2S[C@@H](C)CN21. The molecule has 0 N–H and O–H groups in total. The van der Waals surface area contributed by atoms with Gasteiger partial charge >= 0.3 is 0 Å². The average molecular weight is 441 g/mol. The van der Waals surface area contributed by atoms with E-state index in [-0.39, 0.29) is 12.1 Å². The Balaban J connectivity index is 1.59. The quantitative estimate of drug-likeness (QED) is 0.705. The minimum Gasteiger partial charge on any atom is -0.496 e. The Kier molecular flexibility index (Phi) is 5.67. The van der Waals surface area contributed by atoms with E-state index in [9.17, 15) is 0 Å². The lowest BCUT2D eigenvalue weighted by Crippen LogP contribution is -2.36. The lowest BCUT2D eigenvalue weighted by molar-refractivity contribution is 0.122. The lowest BCUT2D eigenvalue weighted by Gasteiger charge is -2.33. The van der Waals surface area contributed by atoms with E-state index in [1.54, 1.807) is 14.2 Å². The average Bonchev–Trinajstić information content (AvgIpc) is 3.35. The van der Waals surface area contributed by atoms with Crippen molar-refractivity contribution in [3.63, 3.8) is 0 Å². The second-order valence-electron chi connectivity index (χ2n) is 8.00. The van der Waals surface area contributed by atoms with Gasteiger partial charge in [-0.1, -0.05) is 24.8 Å². The molecule has 31 heavy (non-hydrogen) atoms. The maximum atomic E-state index is 5.93. The van der Waals surface area contributed by atoms with Crippen LogP contribution in [0.4, 0.5) is 5.69 Å². The summed E-state index contributed by atoms with van der Waals surface area (Å²) in [5.41, 5.74) is 3.10. The van der Waals surface area contributed by atoms with Crippen molar-refractivity contribution in [3.05, 3.63) is 47.8 Å². The Morgan fingerprint density at radius 1 is 1.10 bits per heavy atom. The number of morpholine rings is 1. The molecule has 3 atom stereocenters. The Hall–Kier alpha value is -2.45. The summed E-state index contributed by atoms with van der Waals surface area (Å²) >= 11 is 1.84. The normalized spacial score (nSPS) is 25.4. The summed E-state index contributed by atoms with van der Waals surface area (Å²) in [5, 5.41) is 1.60. The summed E-state index contributed by atoms with van der Waals surface area (Å²) in [5.74, 6) is 1.71. The van der Waals surface area contributed by atoms with Gasteiger partial charge in [0.05, 0.1) is 44.9 Å². The highest BCUT2D eigenvalue weighted by molar-refractivity contribution is 8.14. The van der Waals surface area contributed by atoms with Gasteiger partial charge in [-0.05, 0) is 18.2 Å². The first-order chi connectivity index (χ1) is 15.2. The van der Waals surface area contributed by atoms with Crippen LogP contribution in [0.1, 0.15) is 30.3 Å². The predicted molar refractivity (Wildman–Crippen MR) is 123 cm³/mol.